The highest BCUT2D eigenvalue weighted by Crippen LogP contribution is 2.34. The van der Waals surface area contributed by atoms with Gasteiger partial charge in [-0.05, 0) is 24.1 Å². The van der Waals surface area contributed by atoms with Gasteiger partial charge < -0.3 is 19.4 Å². The number of carbonyl (C=O) groups is 1. The van der Waals surface area contributed by atoms with Gasteiger partial charge in [-0.1, -0.05) is 66.7 Å². The molecule has 5 rings (SSSR count). The lowest BCUT2D eigenvalue weighted by Crippen LogP contribution is -2.40. The summed E-state index contributed by atoms with van der Waals surface area (Å²) in [5.41, 5.74) is 3.12. The van der Waals surface area contributed by atoms with Gasteiger partial charge in [-0.3, -0.25) is 9.69 Å². The van der Waals surface area contributed by atoms with E-state index in [9.17, 15) is 4.79 Å². The van der Waals surface area contributed by atoms with Gasteiger partial charge in [0.2, 0.25) is 5.91 Å². The van der Waals surface area contributed by atoms with Crippen LogP contribution in [0.15, 0.2) is 97.6 Å². The maximum atomic E-state index is 13.4. The summed E-state index contributed by atoms with van der Waals surface area (Å²) >= 11 is 0. The molecular formula is C30H32N4O3. The molecule has 7 nitrogen and oxygen atoms in total. The number of methoxy groups -OCH3 is 1. The number of nitrogens with zero attached hydrogens (tertiary/aromatic N) is 3. The molecule has 1 aliphatic rings. The van der Waals surface area contributed by atoms with Crippen LogP contribution in [0.5, 0.6) is 11.5 Å². The molecule has 0 fully saturated rings. The summed E-state index contributed by atoms with van der Waals surface area (Å²) < 4.78 is 14.1. The van der Waals surface area contributed by atoms with Gasteiger partial charge in [0.1, 0.15) is 17.6 Å². The highest BCUT2D eigenvalue weighted by Gasteiger charge is 2.28. The second kappa shape index (κ2) is 11.8. The normalized spacial score (nSPS) is 16.2. The van der Waals surface area contributed by atoms with Crippen molar-refractivity contribution in [3.63, 3.8) is 0 Å². The number of nitrogens with one attached hydrogen (secondary N) is 1. The predicted octanol–water partition coefficient (Wildman–Crippen LogP) is 4.78. The Balaban J connectivity index is 1.33. The molecule has 37 heavy (non-hydrogen) atoms. The number of fused-ring (bicyclic) bond motifs is 1. The highest BCUT2D eigenvalue weighted by atomic mass is 16.5. The van der Waals surface area contributed by atoms with Crippen LogP contribution in [0, 0.1) is 0 Å². The molecule has 190 valence electrons. The zero-order chi connectivity index (χ0) is 25.5. The first-order valence-electron chi connectivity index (χ1n) is 12.6. The zero-order valence-electron chi connectivity index (χ0n) is 21.0. The molecule has 0 aliphatic carbocycles. The summed E-state index contributed by atoms with van der Waals surface area (Å²) in [5.74, 6) is 1.60. The maximum absolute atomic E-state index is 13.4. The molecule has 1 aromatic heterocycles. The third kappa shape index (κ3) is 6.19. The molecule has 1 N–H and O–H groups in total. The molecule has 1 amide bonds. The van der Waals surface area contributed by atoms with Crippen LogP contribution in [0.3, 0.4) is 0 Å². The van der Waals surface area contributed by atoms with Crippen LogP contribution in [0.1, 0.15) is 35.3 Å². The van der Waals surface area contributed by atoms with Crippen molar-refractivity contribution in [3.8, 4) is 11.5 Å². The average Bonchev–Trinajstić information content (AvgIpc) is 3.39. The summed E-state index contributed by atoms with van der Waals surface area (Å²) in [6, 6.07) is 26.0. The number of hydrogen-bond donors (Lipinski definition) is 1. The summed E-state index contributed by atoms with van der Waals surface area (Å²) in [6.07, 6.45) is 6.02. The lowest BCUT2D eigenvalue weighted by atomic mass is 10.0. The van der Waals surface area contributed by atoms with Gasteiger partial charge in [-0.15, -0.1) is 0 Å². The fourth-order valence-corrected chi connectivity index (χ4v) is 4.84. The van der Waals surface area contributed by atoms with Crippen molar-refractivity contribution in [2.45, 2.75) is 31.7 Å². The van der Waals surface area contributed by atoms with E-state index in [2.05, 4.69) is 33.4 Å². The first-order valence-corrected chi connectivity index (χ1v) is 12.6. The number of carbonyl (C=O) groups excluding carboxylic acids is 1. The smallest absolute Gasteiger partial charge is 0.234 e. The number of amides is 1. The summed E-state index contributed by atoms with van der Waals surface area (Å²) in [5, 5.41) is 3.28. The van der Waals surface area contributed by atoms with Crippen LogP contribution in [-0.4, -0.2) is 40.6 Å². The largest absolute Gasteiger partial charge is 0.496 e. The second-order valence-corrected chi connectivity index (χ2v) is 9.25. The first kappa shape index (κ1) is 24.6. The number of ether oxygens (including phenoxy) is 2. The van der Waals surface area contributed by atoms with E-state index in [4.69, 9.17) is 9.47 Å². The topological polar surface area (TPSA) is 68.6 Å². The summed E-state index contributed by atoms with van der Waals surface area (Å²) in [6.45, 7) is 2.21. The minimum Gasteiger partial charge on any atom is -0.496 e. The van der Waals surface area contributed by atoms with Crippen LogP contribution >= 0.6 is 0 Å². The molecule has 2 heterocycles. The molecule has 4 aromatic rings. The van der Waals surface area contributed by atoms with Crippen LogP contribution < -0.4 is 14.8 Å². The van der Waals surface area contributed by atoms with Gasteiger partial charge in [0, 0.05) is 43.2 Å². The molecule has 0 saturated heterocycles. The summed E-state index contributed by atoms with van der Waals surface area (Å²) in [4.78, 5) is 19.7. The number of aromatic nitrogens is 2. The molecule has 0 spiro atoms. The van der Waals surface area contributed by atoms with E-state index >= 15 is 0 Å². The monoisotopic (exact) mass is 496 g/mol. The molecule has 2 atom stereocenters. The van der Waals surface area contributed by atoms with E-state index in [1.165, 1.54) is 0 Å². The van der Waals surface area contributed by atoms with Crippen molar-refractivity contribution in [1.82, 2.24) is 19.8 Å². The lowest BCUT2D eigenvalue weighted by Gasteiger charge is -2.26. The SMILES string of the molecule is COc1ccccc1[C@H]1CN(CC(=O)N[C@@H](CCn2ccnc2)c2ccccc2)Cc2ccccc2O1. The number of rotatable bonds is 9. The molecule has 0 bridgehead atoms. The van der Waals surface area contributed by atoms with Gasteiger partial charge in [-0.2, -0.15) is 0 Å². The van der Waals surface area contributed by atoms with E-state index in [-0.39, 0.29) is 24.6 Å². The minimum absolute atomic E-state index is 0.0161. The van der Waals surface area contributed by atoms with Crippen molar-refractivity contribution in [2.24, 2.45) is 0 Å². The fraction of sp³-hybridized carbons (Fsp3) is 0.267. The molecule has 1 aliphatic heterocycles. The Morgan fingerprint density at radius 3 is 2.68 bits per heavy atom. The van der Waals surface area contributed by atoms with Crippen molar-refractivity contribution in [3.05, 3.63) is 114 Å². The minimum atomic E-state index is -0.265. The van der Waals surface area contributed by atoms with Gasteiger partial charge in [0.15, 0.2) is 0 Å². The maximum Gasteiger partial charge on any atom is 0.234 e. The predicted molar refractivity (Wildman–Crippen MR) is 142 cm³/mol. The number of benzene rings is 3. The van der Waals surface area contributed by atoms with Crippen LogP contribution in [0.25, 0.3) is 0 Å². The standard InChI is InChI=1S/C30H32N4O3/c1-36-28-14-8-6-12-25(28)29-20-34(19-24-11-5-7-13-27(24)37-29)21-30(35)32-26(23-9-3-2-4-10-23)15-17-33-18-16-31-22-33/h2-14,16,18,22,26,29H,15,17,19-21H2,1H3,(H,32,35)/t26-,29+/m0/s1. The van der Waals surface area contributed by atoms with Gasteiger partial charge in [0.25, 0.3) is 0 Å². The summed E-state index contributed by atoms with van der Waals surface area (Å²) in [7, 11) is 1.67. The van der Waals surface area contributed by atoms with Crippen molar-refractivity contribution >= 4 is 5.91 Å². The van der Waals surface area contributed by atoms with Crippen molar-refractivity contribution in [1.29, 1.82) is 0 Å². The molecule has 0 saturated carbocycles. The van der Waals surface area contributed by atoms with Crippen LogP contribution in [0.4, 0.5) is 0 Å². The molecule has 0 radical (unpaired) electrons. The zero-order valence-corrected chi connectivity index (χ0v) is 21.0. The first-order chi connectivity index (χ1) is 18.2. The Bertz CT molecular complexity index is 1290. The van der Waals surface area contributed by atoms with E-state index in [1.807, 2.05) is 71.4 Å². The van der Waals surface area contributed by atoms with Crippen LogP contribution in [-0.2, 0) is 17.9 Å². The number of imidazole rings is 1. The molecule has 0 unspecified atom stereocenters. The third-order valence-corrected chi connectivity index (χ3v) is 6.69. The van der Waals surface area contributed by atoms with E-state index in [0.717, 1.165) is 41.2 Å². The Hall–Kier alpha value is -4.10. The lowest BCUT2D eigenvalue weighted by molar-refractivity contribution is -0.123. The number of hydrogen-bond acceptors (Lipinski definition) is 5. The van der Waals surface area contributed by atoms with Crippen molar-refractivity contribution in [2.75, 3.05) is 20.2 Å². The fourth-order valence-electron chi connectivity index (χ4n) is 4.84. The third-order valence-electron chi connectivity index (χ3n) is 6.69. The quantitative estimate of drug-likeness (QED) is 0.361. The molecule has 3 aromatic carbocycles. The Morgan fingerprint density at radius 2 is 1.86 bits per heavy atom. The average molecular weight is 497 g/mol. The second-order valence-electron chi connectivity index (χ2n) is 9.25. The van der Waals surface area contributed by atoms with Crippen molar-refractivity contribution < 1.29 is 14.3 Å². The Kier molecular flexibility index (Phi) is 7.81. The Labute approximate surface area is 217 Å². The number of para-hydroxylation sites is 2. The van der Waals surface area contributed by atoms with E-state index in [1.54, 1.807) is 19.6 Å². The van der Waals surface area contributed by atoms with Crippen LogP contribution in [0.2, 0.25) is 0 Å². The van der Waals surface area contributed by atoms with E-state index < -0.39 is 0 Å². The van der Waals surface area contributed by atoms with Gasteiger partial charge in [0.05, 0.1) is 26.0 Å². The molecule has 7 heteroatoms. The highest BCUT2D eigenvalue weighted by molar-refractivity contribution is 5.78. The number of aryl methyl sites for hydroxylation is 1. The van der Waals surface area contributed by atoms with E-state index in [0.29, 0.717) is 13.1 Å². The molecular weight excluding hydrogens is 464 g/mol. The van der Waals surface area contributed by atoms with Gasteiger partial charge >= 0.3 is 0 Å². The van der Waals surface area contributed by atoms with Gasteiger partial charge in [-0.25, -0.2) is 4.98 Å². The Morgan fingerprint density at radius 1 is 1.08 bits per heavy atom.